The number of carbonyl (C=O) groups is 2. The van der Waals surface area contributed by atoms with E-state index in [2.05, 4.69) is 0 Å². The fraction of sp³-hybridized carbons (Fsp3) is 0.125. The van der Waals surface area contributed by atoms with Crippen molar-refractivity contribution in [1.82, 2.24) is 0 Å². The van der Waals surface area contributed by atoms with Gasteiger partial charge in [0.25, 0.3) is 0 Å². The van der Waals surface area contributed by atoms with E-state index in [0.29, 0.717) is 11.4 Å². The van der Waals surface area contributed by atoms with Gasteiger partial charge in [0.2, 0.25) is 0 Å². The Bertz CT molecular complexity index is 756. The van der Waals surface area contributed by atoms with Crippen LogP contribution in [0.5, 0.6) is 11.5 Å². The molecule has 0 spiro atoms. The van der Waals surface area contributed by atoms with Crippen LogP contribution in [0.4, 0.5) is 11.4 Å². The van der Waals surface area contributed by atoms with E-state index in [9.17, 15) is 14.7 Å². The summed E-state index contributed by atoms with van der Waals surface area (Å²) in [6.45, 7) is 0.228. The van der Waals surface area contributed by atoms with E-state index in [1.165, 1.54) is 6.07 Å². The molecule has 0 saturated carbocycles. The van der Waals surface area contributed by atoms with Crippen LogP contribution in [0.25, 0.3) is 0 Å². The van der Waals surface area contributed by atoms with Gasteiger partial charge in [0.05, 0.1) is 17.8 Å². The van der Waals surface area contributed by atoms with Gasteiger partial charge in [-0.05, 0) is 24.3 Å². The summed E-state index contributed by atoms with van der Waals surface area (Å²) in [5.41, 5.74) is 1.32. The van der Waals surface area contributed by atoms with Crippen LogP contribution in [-0.4, -0.2) is 28.7 Å². The Kier molecular flexibility index (Phi) is 3.42. The number of benzene rings is 2. The van der Waals surface area contributed by atoms with Crippen LogP contribution in [0.1, 0.15) is 16.8 Å². The molecule has 112 valence electrons. The van der Waals surface area contributed by atoms with Gasteiger partial charge < -0.3 is 19.8 Å². The average molecular weight is 299 g/mol. The molecule has 6 heteroatoms. The molecule has 0 aliphatic carbocycles. The molecule has 0 atom stereocenters. The van der Waals surface area contributed by atoms with Crippen molar-refractivity contribution < 1.29 is 24.5 Å². The number of fused-ring (bicyclic) bond motifs is 2. The Labute approximate surface area is 126 Å². The average Bonchev–Trinajstić information content (AvgIpc) is 2.50. The molecule has 2 aromatic rings. The molecule has 6 nitrogen and oxygen atoms in total. The number of anilines is 2. The first-order valence-corrected chi connectivity index (χ1v) is 6.70. The Morgan fingerprint density at radius 3 is 2.45 bits per heavy atom. The van der Waals surface area contributed by atoms with E-state index in [1.807, 2.05) is 12.1 Å². The standard InChI is InChI=1S/C16H13NO5/c18-14(19)8-9-17-11-5-1-2-7-13(11)22-15-10(16(20)21)4-3-6-12(15)17/h1-7H,8-9H2,(H,18,19)(H,20,21). The predicted octanol–water partition coefficient (Wildman–Crippen LogP) is 3.10. The Morgan fingerprint density at radius 1 is 1.00 bits per heavy atom. The Hall–Kier alpha value is -3.02. The number of carboxylic acids is 2. The van der Waals surface area contributed by atoms with Crippen molar-refractivity contribution in [2.24, 2.45) is 0 Å². The minimum absolute atomic E-state index is 0.0485. The number of hydrogen-bond donors (Lipinski definition) is 2. The number of ether oxygens (including phenoxy) is 1. The highest BCUT2D eigenvalue weighted by molar-refractivity contribution is 5.95. The molecule has 2 N–H and O–H groups in total. The molecular weight excluding hydrogens is 286 g/mol. The quantitative estimate of drug-likeness (QED) is 0.902. The van der Waals surface area contributed by atoms with E-state index in [1.54, 1.807) is 29.2 Å². The molecule has 1 aliphatic rings. The van der Waals surface area contributed by atoms with Gasteiger partial charge >= 0.3 is 11.9 Å². The van der Waals surface area contributed by atoms with E-state index < -0.39 is 11.9 Å². The van der Waals surface area contributed by atoms with Gasteiger partial charge in [-0.1, -0.05) is 18.2 Å². The smallest absolute Gasteiger partial charge is 0.339 e. The molecule has 1 heterocycles. The van der Waals surface area contributed by atoms with Crippen LogP contribution in [0, 0.1) is 0 Å². The Morgan fingerprint density at radius 2 is 1.73 bits per heavy atom. The number of aliphatic carboxylic acids is 1. The summed E-state index contributed by atoms with van der Waals surface area (Å²) in [6.07, 6.45) is -0.0644. The molecule has 0 bridgehead atoms. The first-order valence-electron chi connectivity index (χ1n) is 6.70. The second kappa shape index (κ2) is 5.40. The van der Waals surface area contributed by atoms with Crippen LogP contribution >= 0.6 is 0 Å². The summed E-state index contributed by atoms with van der Waals surface area (Å²) in [4.78, 5) is 24.0. The van der Waals surface area contributed by atoms with Gasteiger partial charge in [-0.3, -0.25) is 4.79 Å². The third kappa shape index (κ3) is 2.35. The number of aromatic carboxylic acids is 1. The summed E-state index contributed by atoms with van der Waals surface area (Å²) in [7, 11) is 0. The number of rotatable bonds is 4. The molecule has 0 amide bonds. The third-order valence-corrected chi connectivity index (χ3v) is 3.43. The first kappa shape index (κ1) is 13.9. The second-order valence-corrected chi connectivity index (χ2v) is 4.82. The molecular formula is C16H13NO5. The van der Waals surface area contributed by atoms with Crippen molar-refractivity contribution in [3.05, 3.63) is 48.0 Å². The molecule has 0 radical (unpaired) electrons. The van der Waals surface area contributed by atoms with Gasteiger partial charge in [0.15, 0.2) is 11.5 Å². The molecule has 2 aromatic carbocycles. The van der Waals surface area contributed by atoms with Crippen LogP contribution in [0.15, 0.2) is 42.5 Å². The van der Waals surface area contributed by atoms with Gasteiger partial charge in [-0.15, -0.1) is 0 Å². The highest BCUT2D eigenvalue weighted by atomic mass is 16.5. The van der Waals surface area contributed by atoms with Crippen molar-refractivity contribution in [2.75, 3.05) is 11.4 Å². The lowest BCUT2D eigenvalue weighted by Gasteiger charge is -2.33. The van der Waals surface area contributed by atoms with Crippen molar-refractivity contribution in [1.29, 1.82) is 0 Å². The van der Waals surface area contributed by atoms with Crippen LogP contribution in [0.3, 0.4) is 0 Å². The highest BCUT2D eigenvalue weighted by Crippen LogP contribution is 2.47. The Balaban J connectivity index is 2.12. The van der Waals surface area contributed by atoms with Crippen LogP contribution in [0.2, 0.25) is 0 Å². The van der Waals surface area contributed by atoms with Crippen LogP contribution < -0.4 is 9.64 Å². The molecule has 22 heavy (non-hydrogen) atoms. The first-order chi connectivity index (χ1) is 10.6. The van der Waals surface area contributed by atoms with E-state index in [-0.39, 0.29) is 24.3 Å². The lowest BCUT2D eigenvalue weighted by atomic mass is 10.1. The van der Waals surface area contributed by atoms with Crippen LogP contribution in [-0.2, 0) is 4.79 Å². The molecule has 0 aromatic heterocycles. The third-order valence-electron chi connectivity index (χ3n) is 3.43. The molecule has 3 rings (SSSR count). The predicted molar refractivity (Wildman–Crippen MR) is 79.2 cm³/mol. The second-order valence-electron chi connectivity index (χ2n) is 4.82. The number of hydrogen-bond acceptors (Lipinski definition) is 4. The van der Waals surface area contributed by atoms with E-state index in [4.69, 9.17) is 9.84 Å². The fourth-order valence-electron chi connectivity index (χ4n) is 2.47. The van der Waals surface area contributed by atoms with Crippen molar-refractivity contribution in [3.63, 3.8) is 0 Å². The summed E-state index contributed by atoms with van der Waals surface area (Å²) < 4.78 is 5.74. The minimum Gasteiger partial charge on any atom is -0.481 e. The van der Waals surface area contributed by atoms with Gasteiger partial charge in [0.1, 0.15) is 5.56 Å². The monoisotopic (exact) mass is 299 g/mol. The normalized spacial score (nSPS) is 12.1. The summed E-state index contributed by atoms with van der Waals surface area (Å²) in [6, 6.07) is 11.9. The SMILES string of the molecule is O=C(O)CCN1c2ccccc2Oc2c(C(=O)O)cccc21. The summed E-state index contributed by atoms with van der Waals surface area (Å²) in [5.74, 6) is -1.26. The number of carboxylic acid groups (broad SMARTS) is 2. The zero-order valence-corrected chi connectivity index (χ0v) is 11.5. The number of para-hydroxylation sites is 3. The van der Waals surface area contributed by atoms with Crippen molar-refractivity contribution in [2.45, 2.75) is 6.42 Å². The summed E-state index contributed by atoms with van der Waals surface area (Å²) >= 11 is 0. The van der Waals surface area contributed by atoms with Crippen molar-refractivity contribution in [3.8, 4) is 11.5 Å². The molecule has 1 aliphatic heterocycles. The van der Waals surface area contributed by atoms with Gasteiger partial charge in [0, 0.05) is 6.54 Å². The van der Waals surface area contributed by atoms with Crippen molar-refractivity contribution >= 4 is 23.3 Å². The van der Waals surface area contributed by atoms with E-state index in [0.717, 1.165) is 5.69 Å². The maximum atomic E-state index is 11.4. The van der Waals surface area contributed by atoms with E-state index >= 15 is 0 Å². The zero-order chi connectivity index (χ0) is 15.7. The maximum absolute atomic E-state index is 11.4. The molecule has 0 unspecified atom stereocenters. The lowest BCUT2D eigenvalue weighted by Crippen LogP contribution is -2.25. The zero-order valence-electron chi connectivity index (χ0n) is 11.5. The molecule has 0 saturated heterocycles. The fourth-order valence-corrected chi connectivity index (χ4v) is 2.47. The van der Waals surface area contributed by atoms with Gasteiger partial charge in [-0.2, -0.15) is 0 Å². The summed E-state index contributed by atoms with van der Waals surface area (Å²) in [5, 5.41) is 18.2. The largest absolute Gasteiger partial charge is 0.481 e. The highest BCUT2D eigenvalue weighted by Gasteiger charge is 2.28. The lowest BCUT2D eigenvalue weighted by molar-refractivity contribution is -0.136. The maximum Gasteiger partial charge on any atom is 0.339 e. The molecule has 0 fully saturated rings. The van der Waals surface area contributed by atoms with Gasteiger partial charge in [-0.25, -0.2) is 4.79 Å². The topological polar surface area (TPSA) is 87.1 Å². The minimum atomic E-state index is -1.09. The number of nitrogens with zero attached hydrogens (tertiary/aromatic N) is 1.